The lowest BCUT2D eigenvalue weighted by Gasteiger charge is -2.16. The highest BCUT2D eigenvalue weighted by Crippen LogP contribution is 2.27. The molecule has 2 atom stereocenters. The van der Waals surface area contributed by atoms with Crippen molar-refractivity contribution >= 4 is 17.6 Å². The molecule has 1 fully saturated rings. The van der Waals surface area contributed by atoms with Crippen molar-refractivity contribution in [1.82, 2.24) is 4.90 Å². The molecule has 0 amide bonds. The number of carbonyl (C=O) groups is 1. The Morgan fingerprint density at radius 1 is 1.53 bits per heavy atom. The Morgan fingerprint density at radius 2 is 2.26 bits per heavy atom. The van der Waals surface area contributed by atoms with Crippen molar-refractivity contribution in [3.8, 4) is 0 Å². The maximum Gasteiger partial charge on any atom is 0.310 e. The van der Waals surface area contributed by atoms with Crippen molar-refractivity contribution in [2.45, 2.75) is 13.5 Å². The first-order chi connectivity index (χ1) is 9.01. The van der Waals surface area contributed by atoms with E-state index in [1.54, 1.807) is 6.07 Å². The van der Waals surface area contributed by atoms with Gasteiger partial charge in [-0.05, 0) is 29.7 Å². The predicted octanol–water partition coefficient (Wildman–Crippen LogP) is 2.72. The molecule has 19 heavy (non-hydrogen) atoms. The minimum absolute atomic E-state index is 0.114. The summed E-state index contributed by atoms with van der Waals surface area (Å²) < 4.78 is 18.0. The number of likely N-dealkylation sites (tertiary alicyclic amines) is 1. The number of carbonyl (C=O) groups excluding carboxylic acids is 1. The fourth-order valence-electron chi connectivity index (χ4n) is 2.56. The Hall–Kier alpha value is -1.13. The van der Waals surface area contributed by atoms with E-state index >= 15 is 0 Å². The maximum atomic E-state index is 13.2. The molecular formula is C14H17ClFNO2. The van der Waals surface area contributed by atoms with Crippen LogP contribution in [0.5, 0.6) is 0 Å². The standard InChI is InChI=1S/C14H17ClFNO2/c1-9-6-17(8-12(9)14(18)19-2)7-10-5-11(16)3-4-13(10)15/h3-5,9,12H,6-8H2,1-2H3. The van der Waals surface area contributed by atoms with Crippen LogP contribution in [0.2, 0.25) is 5.02 Å². The molecule has 2 rings (SSSR count). The fraction of sp³-hybridized carbons (Fsp3) is 0.500. The number of halogens is 2. The molecule has 104 valence electrons. The van der Waals surface area contributed by atoms with Gasteiger partial charge in [0.15, 0.2) is 0 Å². The van der Waals surface area contributed by atoms with Crippen LogP contribution in [0.1, 0.15) is 12.5 Å². The molecule has 1 aliphatic heterocycles. The zero-order valence-corrected chi connectivity index (χ0v) is 11.8. The largest absolute Gasteiger partial charge is 0.469 e. The molecular weight excluding hydrogens is 269 g/mol. The molecule has 0 radical (unpaired) electrons. The first-order valence-electron chi connectivity index (χ1n) is 6.25. The molecule has 1 heterocycles. The average molecular weight is 286 g/mol. The zero-order valence-electron chi connectivity index (χ0n) is 11.0. The van der Waals surface area contributed by atoms with E-state index < -0.39 is 0 Å². The first kappa shape index (κ1) is 14.3. The lowest BCUT2D eigenvalue weighted by atomic mass is 9.99. The Bertz CT molecular complexity index is 481. The molecule has 0 saturated carbocycles. The third-order valence-electron chi connectivity index (χ3n) is 3.59. The van der Waals surface area contributed by atoms with E-state index in [0.29, 0.717) is 18.1 Å². The summed E-state index contributed by atoms with van der Waals surface area (Å²) in [6, 6.07) is 4.34. The summed E-state index contributed by atoms with van der Waals surface area (Å²) in [6.45, 7) is 3.98. The Labute approximate surface area is 117 Å². The van der Waals surface area contributed by atoms with Gasteiger partial charge < -0.3 is 4.74 Å². The second kappa shape index (κ2) is 5.88. The van der Waals surface area contributed by atoms with E-state index in [9.17, 15) is 9.18 Å². The van der Waals surface area contributed by atoms with Crippen LogP contribution in [-0.4, -0.2) is 31.1 Å². The number of esters is 1. The number of methoxy groups -OCH3 is 1. The lowest BCUT2D eigenvalue weighted by Crippen LogP contribution is -2.24. The molecule has 0 aromatic heterocycles. The van der Waals surface area contributed by atoms with E-state index in [4.69, 9.17) is 16.3 Å². The van der Waals surface area contributed by atoms with Crippen LogP contribution in [0.25, 0.3) is 0 Å². The second-order valence-electron chi connectivity index (χ2n) is 5.04. The van der Waals surface area contributed by atoms with Crippen molar-refractivity contribution in [2.24, 2.45) is 11.8 Å². The van der Waals surface area contributed by atoms with Crippen molar-refractivity contribution in [1.29, 1.82) is 0 Å². The Kier molecular flexibility index (Phi) is 4.42. The molecule has 0 N–H and O–H groups in total. The molecule has 1 aromatic carbocycles. The van der Waals surface area contributed by atoms with Gasteiger partial charge in [-0.1, -0.05) is 18.5 Å². The van der Waals surface area contributed by atoms with Gasteiger partial charge in [0.25, 0.3) is 0 Å². The highest BCUT2D eigenvalue weighted by atomic mass is 35.5. The van der Waals surface area contributed by atoms with Crippen LogP contribution in [-0.2, 0) is 16.1 Å². The number of hydrogen-bond acceptors (Lipinski definition) is 3. The van der Waals surface area contributed by atoms with E-state index in [-0.39, 0.29) is 23.6 Å². The SMILES string of the molecule is COC(=O)C1CN(Cc2cc(F)ccc2Cl)CC1C. The van der Waals surface area contributed by atoms with Gasteiger partial charge in [0.1, 0.15) is 5.82 Å². The smallest absolute Gasteiger partial charge is 0.310 e. The number of ether oxygens (including phenoxy) is 1. The van der Waals surface area contributed by atoms with Crippen LogP contribution in [0.3, 0.4) is 0 Å². The summed E-state index contributed by atoms with van der Waals surface area (Å²) in [5.41, 5.74) is 0.749. The minimum Gasteiger partial charge on any atom is -0.469 e. The lowest BCUT2D eigenvalue weighted by molar-refractivity contribution is -0.146. The minimum atomic E-state index is -0.295. The molecule has 5 heteroatoms. The van der Waals surface area contributed by atoms with Gasteiger partial charge >= 0.3 is 5.97 Å². The van der Waals surface area contributed by atoms with Gasteiger partial charge in [-0.2, -0.15) is 0 Å². The van der Waals surface area contributed by atoms with Crippen molar-refractivity contribution in [2.75, 3.05) is 20.2 Å². The van der Waals surface area contributed by atoms with Crippen LogP contribution < -0.4 is 0 Å². The van der Waals surface area contributed by atoms with Crippen LogP contribution in [0, 0.1) is 17.7 Å². The second-order valence-corrected chi connectivity index (χ2v) is 5.44. The highest BCUT2D eigenvalue weighted by molar-refractivity contribution is 6.31. The van der Waals surface area contributed by atoms with E-state index in [2.05, 4.69) is 4.90 Å². The van der Waals surface area contributed by atoms with Gasteiger partial charge in [0, 0.05) is 24.7 Å². The van der Waals surface area contributed by atoms with E-state index in [0.717, 1.165) is 12.1 Å². The van der Waals surface area contributed by atoms with Crippen molar-refractivity contribution in [3.63, 3.8) is 0 Å². The molecule has 0 aliphatic carbocycles. The van der Waals surface area contributed by atoms with Crippen LogP contribution in [0.4, 0.5) is 4.39 Å². The zero-order chi connectivity index (χ0) is 14.0. The third-order valence-corrected chi connectivity index (χ3v) is 3.96. The molecule has 0 bridgehead atoms. The van der Waals surface area contributed by atoms with Gasteiger partial charge in [0.05, 0.1) is 13.0 Å². The van der Waals surface area contributed by atoms with Gasteiger partial charge in [0.2, 0.25) is 0 Å². The Balaban J connectivity index is 2.05. The maximum absolute atomic E-state index is 13.2. The summed E-state index contributed by atoms with van der Waals surface area (Å²) in [7, 11) is 1.40. The third kappa shape index (κ3) is 3.25. The Morgan fingerprint density at radius 3 is 2.95 bits per heavy atom. The summed E-state index contributed by atoms with van der Waals surface area (Å²) >= 11 is 6.05. The number of hydrogen-bond donors (Lipinski definition) is 0. The van der Waals surface area contributed by atoms with Crippen molar-refractivity contribution < 1.29 is 13.9 Å². The summed E-state index contributed by atoms with van der Waals surface area (Å²) in [6.07, 6.45) is 0. The monoisotopic (exact) mass is 285 g/mol. The normalized spacial score (nSPS) is 23.6. The van der Waals surface area contributed by atoms with E-state index in [1.807, 2.05) is 6.92 Å². The highest BCUT2D eigenvalue weighted by Gasteiger charge is 2.35. The summed E-state index contributed by atoms with van der Waals surface area (Å²) in [5.74, 6) is -0.353. The number of nitrogens with zero attached hydrogens (tertiary/aromatic N) is 1. The first-order valence-corrected chi connectivity index (χ1v) is 6.63. The van der Waals surface area contributed by atoms with Gasteiger partial charge in [-0.3, -0.25) is 9.69 Å². The van der Waals surface area contributed by atoms with Gasteiger partial charge in [-0.15, -0.1) is 0 Å². The topological polar surface area (TPSA) is 29.5 Å². The number of rotatable bonds is 3. The quantitative estimate of drug-likeness (QED) is 0.800. The molecule has 1 aromatic rings. The summed E-state index contributed by atoms with van der Waals surface area (Å²) in [5, 5.41) is 0.551. The molecule has 1 saturated heterocycles. The average Bonchev–Trinajstić information content (AvgIpc) is 2.74. The molecule has 1 aliphatic rings. The molecule has 0 spiro atoms. The van der Waals surface area contributed by atoms with E-state index in [1.165, 1.54) is 19.2 Å². The predicted molar refractivity (Wildman–Crippen MR) is 71.4 cm³/mol. The van der Waals surface area contributed by atoms with Crippen molar-refractivity contribution in [3.05, 3.63) is 34.6 Å². The van der Waals surface area contributed by atoms with Gasteiger partial charge in [-0.25, -0.2) is 4.39 Å². The fourth-order valence-corrected chi connectivity index (χ4v) is 2.74. The van der Waals surface area contributed by atoms with Crippen LogP contribution >= 0.6 is 11.6 Å². The van der Waals surface area contributed by atoms with Crippen LogP contribution in [0.15, 0.2) is 18.2 Å². The molecule has 3 nitrogen and oxygen atoms in total. The number of benzene rings is 1. The molecule has 2 unspecified atom stereocenters. The summed E-state index contributed by atoms with van der Waals surface area (Å²) in [4.78, 5) is 13.7.